The fourth-order valence-electron chi connectivity index (χ4n) is 4.73. The minimum Gasteiger partial charge on any atom is -0.475 e. The van der Waals surface area contributed by atoms with Crippen molar-refractivity contribution in [2.75, 3.05) is 33.0 Å². The number of carboxylic acid groups (broad SMARTS) is 1. The van der Waals surface area contributed by atoms with Crippen molar-refractivity contribution in [3.8, 4) is 0 Å². The fourth-order valence-corrected chi connectivity index (χ4v) is 4.73. The van der Waals surface area contributed by atoms with Gasteiger partial charge in [0.05, 0.1) is 13.0 Å². The number of carboxylic acids is 1. The summed E-state index contributed by atoms with van der Waals surface area (Å²) in [5.74, 6) is -5.15. The quantitative estimate of drug-likeness (QED) is 0.0769. The van der Waals surface area contributed by atoms with E-state index in [0.717, 1.165) is 11.1 Å². The Kier molecular flexibility index (Phi) is 21.7. The number of nitrogens with one attached hydrogen (secondary N) is 5. The van der Waals surface area contributed by atoms with E-state index in [2.05, 4.69) is 31.6 Å². The Bertz CT molecular complexity index is 1380. The maximum Gasteiger partial charge on any atom is 0.490 e. The number of carbonyl (C=O) groups is 6. The topological polar surface area (TPSA) is 308 Å². The van der Waals surface area contributed by atoms with E-state index in [1.807, 2.05) is 0 Å². The molecule has 1 aromatic carbocycles. The Morgan fingerprint density at radius 3 is 2.04 bits per heavy atom. The highest BCUT2D eigenvalue weighted by Crippen LogP contribution is 2.13. The molecule has 3 atom stereocenters. The Morgan fingerprint density at radius 2 is 1.45 bits per heavy atom. The van der Waals surface area contributed by atoms with Gasteiger partial charge in [0, 0.05) is 25.9 Å². The average Bonchev–Trinajstić information content (AvgIpc) is 3.08. The summed E-state index contributed by atoms with van der Waals surface area (Å²) < 4.78 is 37.3. The molecule has 14 N–H and O–H groups in total. The van der Waals surface area contributed by atoms with Crippen molar-refractivity contribution in [1.29, 1.82) is 0 Å². The molecule has 5 amide bonds. The van der Waals surface area contributed by atoms with Crippen LogP contribution in [0, 0.1) is 0 Å². The van der Waals surface area contributed by atoms with Gasteiger partial charge in [-0.05, 0) is 62.7 Å². The highest BCUT2D eigenvalue weighted by molar-refractivity contribution is 5.92. The number of benzene rings is 1. The number of hydrogen-bond donors (Lipinski definition) is 10. The summed E-state index contributed by atoms with van der Waals surface area (Å²) in [6.45, 7) is 0.945. The predicted octanol–water partition coefficient (Wildman–Crippen LogP) is -1.65. The molecule has 298 valence electrons. The van der Waals surface area contributed by atoms with E-state index in [-0.39, 0.29) is 57.6 Å². The Balaban J connectivity index is 0.00000181. The van der Waals surface area contributed by atoms with Crippen LogP contribution in [0.15, 0.2) is 29.3 Å². The maximum absolute atomic E-state index is 13.3. The first-order chi connectivity index (χ1) is 25.1. The van der Waals surface area contributed by atoms with Crippen LogP contribution in [0.4, 0.5) is 13.2 Å². The number of amides is 5. The number of rotatable bonds is 9. The van der Waals surface area contributed by atoms with Gasteiger partial charge in [0.2, 0.25) is 29.5 Å². The van der Waals surface area contributed by atoms with Crippen LogP contribution in [-0.2, 0) is 46.5 Å². The van der Waals surface area contributed by atoms with Crippen LogP contribution in [-0.4, -0.2) is 104 Å². The summed E-state index contributed by atoms with van der Waals surface area (Å²) in [6.07, 6.45) is -1.83. The Morgan fingerprint density at radius 1 is 0.849 bits per heavy atom. The summed E-state index contributed by atoms with van der Waals surface area (Å²) in [7, 11) is 0. The van der Waals surface area contributed by atoms with Gasteiger partial charge in [0.25, 0.3) is 0 Å². The molecule has 0 saturated heterocycles. The van der Waals surface area contributed by atoms with Gasteiger partial charge in [-0.3, -0.25) is 24.0 Å². The molecule has 1 aliphatic heterocycles. The van der Waals surface area contributed by atoms with E-state index in [4.69, 9.17) is 37.6 Å². The van der Waals surface area contributed by atoms with Gasteiger partial charge in [0.15, 0.2) is 5.96 Å². The number of alkyl halides is 3. The molecule has 0 aromatic heterocycles. The van der Waals surface area contributed by atoms with Crippen LogP contribution < -0.4 is 49.5 Å². The number of fused-ring (bicyclic) bond motifs is 2. The monoisotopic (exact) mass is 760 g/mol. The second-order valence-corrected chi connectivity index (χ2v) is 11.8. The first-order valence-corrected chi connectivity index (χ1v) is 16.9. The second kappa shape index (κ2) is 25.0. The van der Waals surface area contributed by atoms with E-state index in [1.54, 1.807) is 24.3 Å². The SMILES string of the molecule is NCCCC[C@@H]1NC(=O)CCNC(=O)Cc2cccc(c2)CNC(=O)[C@H](N=C(N)N)CCOCNC(=O)[C@H](CCCCN)NC1=O.O=C(O)C(F)(F)F. The second-order valence-electron chi connectivity index (χ2n) is 11.8. The molecule has 0 radical (unpaired) electrons. The fraction of sp³-hybridized carbons (Fsp3) is 0.594. The first kappa shape index (κ1) is 46.0. The van der Waals surface area contributed by atoms with E-state index in [1.165, 1.54) is 0 Å². The number of unbranched alkanes of at least 4 members (excludes halogenated alkanes) is 2. The van der Waals surface area contributed by atoms with E-state index in [9.17, 15) is 37.1 Å². The molecule has 2 bridgehead atoms. The Labute approximate surface area is 304 Å². The van der Waals surface area contributed by atoms with Crippen molar-refractivity contribution in [3.05, 3.63) is 35.4 Å². The minimum absolute atomic E-state index is 0.0409. The van der Waals surface area contributed by atoms with E-state index in [0.29, 0.717) is 51.6 Å². The number of hydrogen-bond acceptors (Lipinski definition) is 10. The first-order valence-electron chi connectivity index (χ1n) is 16.9. The van der Waals surface area contributed by atoms with E-state index >= 15 is 0 Å². The molecule has 2 rings (SSSR count). The number of halogens is 3. The molecule has 1 aliphatic rings. The summed E-state index contributed by atoms with van der Waals surface area (Å²) in [4.78, 5) is 77.5. The normalized spacial score (nSPS) is 20.1. The van der Waals surface area contributed by atoms with Crippen molar-refractivity contribution >= 4 is 41.5 Å². The van der Waals surface area contributed by atoms with Crippen LogP contribution in [0.2, 0.25) is 0 Å². The largest absolute Gasteiger partial charge is 0.490 e. The molecule has 18 nitrogen and oxygen atoms in total. The third-order valence-corrected chi connectivity index (χ3v) is 7.41. The van der Waals surface area contributed by atoms with Gasteiger partial charge in [-0.15, -0.1) is 0 Å². The molecule has 1 aromatic rings. The highest BCUT2D eigenvalue weighted by atomic mass is 19.4. The van der Waals surface area contributed by atoms with Crippen LogP contribution in [0.5, 0.6) is 0 Å². The van der Waals surface area contributed by atoms with Gasteiger partial charge in [0.1, 0.15) is 24.9 Å². The molecule has 0 unspecified atom stereocenters. The lowest BCUT2D eigenvalue weighted by atomic mass is 10.1. The van der Waals surface area contributed by atoms with Crippen LogP contribution in [0.1, 0.15) is 62.5 Å². The highest BCUT2D eigenvalue weighted by Gasteiger charge is 2.38. The minimum atomic E-state index is -5.08. The lowest BCUT2D eigenvalue weighted by molar-refractivity contribution is -0.192. The molecular formula is C32H51F3N10O8. The van der Waals surface area contributed by atoms with Gasteiger partial charge in [-0.25, -0.2) is 9.79 Å². The van der Waals surface area contributed by atoms with Crippen molar-refractivity contribution < 1.29 is 51.8 Å². The Hall–Kier alpha value is -5.02. The number of aliphatic carboxylic acids is 1. The van der Waals surface area contributed by atoms with Gasteiger partial charge in [-0.2, -0.15) is 13.2 Å². The van der Waals surface area contributed by atoms with Crippen molar-refractivity contribution in [3.63, 3.8) is 0 Å². The zero-order chi connectivity index (χ0) is 39.8. The van der Waals surface area contributed by atoms with Crippen LogP contribution in [0.25, 0.3) is 0 Å². The van der Waals surface area contributed by atoms with Crippen LogP contribution in [0.3, 0.4) is 0 Å². The number of nitrogens with zero attached hydrogens (tertiary/aromatic N) is 1. The summed E-state index contributed by atoms with van der Waals surface area (Å²) in [6, 6.07) is 4.42. The number of aliphatic imine (C=N–C) groups is 1. The molecule has 0 fully saturated rings. The number of guanidine groups is 1. The molecular weight excluding hydrogens is 709 g/mol. The number of carbonyl (C=O) groups excluding carboxylic acids is 5. The molecule has 53 heavy (non-hydrogen) atoms. The molecule has 0 spiro atoms. The smallest absolute Gasteiger partial charge is 0.475 e. The third-order valence-electron chi connectivity index (χ3n) is 7.41. The summed E-state index contributed by atoms with van der Waals surface area (Å²) >= 11 is 0. The molecule has 1 heterocycles. The van der Waals surface area contributed by atoms with Gasteiger partial charge >= 0.3 is 12.1 Å². The number of nitrogens with two attached hydrogens (primary N) is 4. The summed E-state index contributed by atoms with van der Waals surface area (Å²) in [5, 5.41) is 20.8. The number of ether oxygens (including phenoxy) is 1. The third kappa shape index (κ3) is 20.6. The van der Waals surface area contributed by atoms with Crippen LogP contribution >= 0.6 is 0 Å². The lowest BCUT2D eigenvalue weighted by Crippen LogP contribution is -2.54. The molecule has 0 aliphatic carbocycles. The molecule has 0 saturated carbocycles. The zero-order valence-corrected chi connectivity index (χ0v) is 29.3. The van der Waals surface area contributed by atoms with Crippen molar-refractivity contribution in [2.45, 2.75) is 88.6 Å². The van der Waals surface area contributed by atoms with E-state index < -0.39 is 53.9 Å². The van der Waals surface area contributed by atoms with Crippen molar-refractivity contribution in [1.82, 2.24) is 26.6 Å². The maximum atomic E-state index is 13.3. The summed E-state index contributed by atoms with van der Waals surface area (Å²) in [5.41, 5.74) is 23.8. The lowest BCUT2D eigenvalue weighted by Gasteiger charge is -2.23. The standard InChI is InChI=1S/C30H50N10O6.C2HF3O2/c31-12-3-1-8-22-28(44)37-19-46-15-11-24(40-30(33)34)27(43)36-18-21-7-5-6-20(16-21)17-26(42)35-14-10-25(41)38-23(29(45)39-22)9-2-4-13-32;3-2(4,5)1(6)7/h5-7,16,22-24H,1-4,8-15,17-19,31-32H2,(H,35,42)(H,36,43)(H,37,44)(H,38,41)(H,39,45)(H4,33,34,40);(H,6,7)/t22-,23-,24+;/m0./s1. The van der Waals surface area contributed by atoms with Gasteiger partial charge < -0.3 is 59.4 Å². The predicted molar refractivity (Wildman–Crippen MR) is 186 cm³/mol. The van der Waals surface area contributed by atoms with Crippen molar-refractivity contribution in [2.24, 2.45) is 27.9 Å². The zero-order valence-electron chi connectivity index (χ0n) is 29.3. The molecule has 21 heteroatoms. The van der Waals surface area contributed by atoms with Gasteiger partial charge in [-0.1, -0.05) is 24.3 Å². The average molecular weight is 761 g/mol.